The molecule has 1 atom stereocenters. The average Bonchev–Trinajstić information content (AvgIpc) is 2.14. The Balaban J connectivity index is 3.49. The molecule has 0 saturated heterocycles. The molecule has 0 heterocycles. The summed E-state index contributed by atoms with van der Waals surface area (Å²) < 4.78 is 0. The van der Waals surface area contributed by atoms with E-state index in [0.29, 0.717) is 0 Å². The molecule has 0 amide bonds. The normalized spacial score (nSPS) is 12.8. The first-order valence-corrected chi connectivity index (χ1v) is 5.00. The molecular weight excluding hydrogens is 162 g/mol. The van der Waals surface area contributed by atoms with Crippen LogP contribution in [0.1, 0.15) is 26.2 Å². The summed E-state index contributed by atoms with van der Waals surface area (Å²) in [5, 5.41) is 11.7. The third-order valence-electron chi connectivity index (χ3n) is 2.14. The van der Waals surface area contributed by atoms with Crippen LogP contribution in [0.4, 0.5) is 0 Å². The van der Waals surface area contributed by atoms with Gasteiger partial charge in [0.1, 0.15) is 6.04 Å². The molecule has 1 N–H and O–H groups in total. The Morgan fingerprint density at radius 2 is 2.15 bits per heavy atom. The van der Waals surface area contributed by atoms with Crippen molar-refractivity contribution < 1.29 is 0 Å². The monoisotopic (exact) mass is 183 g/mol. The van der Waals surface area contributed by atoms with Crippen molar-refractivity contribution in [3.8, 4) is 6.07 Å². The maximum Gasteiger partial charge on any atom is 0.108 e. The number of unbranched alkanes of at least 4 members (excludes halogenated alkanes) is 2. The smallest absolute Gasteiger partial charge is 0.108 e. The highest BCUT2D eigenvalue weighted by Crippen LogP contribution is 1.96. The van der Waals surface area contributed by atoms with Gasteiger partial charge in [0.15, 0.2) is 0 Å². The Labute approximate surface area is 81.7 Å². The second kappa shape index (κ2) is 8.03. The highest BCUT2D eigenvalue weighted by Gasteiger charge is 2.06. The van der Waals surface area contributed by atoms with Crippen LogP contribution in [-0.2, 0) is 0 Å². The fourth-order valence-corrected chi connectivity index (χ4v) is 1.23. The molecule has 13 heavy (non-hydrogen) atoms. The van der Waals surface area contributed by atoms with Crippen LogP contribution in [0.5, 0.6) is 0 Å². The maximum atomic E-state index is 8.71. The van der Waals surface area contributed by atoms with Crippen molar-refractivity contribution in [2.45, 2.75) is 32.2 Å². The van der Waals surface area contributed by atoms with Gasteiger partial charge in [0, 0.05) is 6.54 Å². The minimum absolute atomic E-state index is 0.0355. The highest BCUT2D eigenvalue weighted by molar-refractivity contribution is 4.90. The van der Waals surface area contributed by atoms with E-state index in [-0.39, 0.29) is 6.04 Å². The SMILES string of the molecule is CCCCCN(C)CC(C#N)NC. The van der Waals surface area contributed by atoms with E-state index in [4.69, 9.17) is 5.26 Å². The van der Waals surface area contributed by atoms with E-state index < -0.39 is 0 Å². The summed E-state index contributed by atoms with van der Waals surface area (Å²) in [6, 6.07) is 2.18. The van der Waals surface area contributed by atoms with Crippen molar-refractivity contribution in [1.29, 1.82) is 5.26 Å². The molecule has 0 saturated carbocycles. The van der Waals surface area contributed by atoms with Gasteiger partial charge < -0.3 is 10.2 Å². The van der Waals surface area contributed by atoms with Gasteiger partial charge in [-0.1, -0.05) is 19.8 Å². The number of hydrogen-bond acceptors (Lipinski definition) is 3. The second-order valence-electron chi connectivity index (χ2n) is 3.44. The quantitative estimate of drug-likeness (QED) is 0.603. The van der Waals surface area contributed by atoms with Crippen LogP contribution in [0.2, 0.25) is 0 Å². The van der Waals surface area contributed by atoms with Crippen molar-refractivity contribution in [2.75, 3.05) is 27.2 Å². The molecule has 3 heteroatoms. The fraction of sp³-hybridized carbons (Fsp3) is 0.900. The molecule has 0 fully saturated rings. The van der Waals surface area contributed by atoms with Crippen LogP contribution >= 0.6 is 0 Å². The summed E-state index contributed by atoms with van der Waals surface area (Å²) in [5.74, 6) is 0. The zero-order valence-corrected chi connectivity index (χ0v) is 9.01. The van der Waals surface area contributed by atoms with Gasteiger partial charge in [0.05, 0.1) is 6.07 Å². The molecular formula is C10H21N3. The summed E-state index contributed by atoms with van der Waals surface area (Å²) in [7, 11) is 3.89. The van der Waals surface area contributed by atoms with E-state index in [1.165, 1.54) is 19.3 Å². The molecule has 0 radical (unpaired) electrons. The van der Waals surface area contributed by atoms with Gasteiger partial charge in [-0.2, -0.15) is 5.26 Å². The Kier molecular flexibility index (Phi) is 7.66. The second-order valence-corrected chi connectivity index (χ2v) is 3.44. The molecule has 0 aliphatic heterocycles. The minimum atomic E-state index is -0.0355. The zero-order chi connectivity index (χ0) is 10.1. The number of nitriles is 1. The average molecular weight is 183 g/mol. The first-order valence-electron chi connectivity index (χ1n) is 5.00. The number of nitrogens with zero attached hydrogens (tertiary/aromatic N) is 2. The van der Waals surface area contributed by atoms with E-state index in [2.05, 4.69) is 30.3 Å². The van der Waals surface area contributed by atoms with Crippen molar-refractivity contribution in [3.05, 3.63) is 0 Å². The van der Waals surface area contributed by atoms with Crippen molar-refractivity contribution >= 4 is 0 Å². The van der Waals surface area contributed by atoms with Crippen LogP contribution in [0.25, 0.3) is 0 Å². The molecule has 0 rings (SSSR count). The molecule has 76 valence electrons. The van der Waals surface area contributed by atoms with Crippen LogP contribution in [0, 0.1) is 11.3 Å². The summed E-state index contributed by atoms with van der Waals surface area (Å²) in [6.07, 6.45) is 3.76. The molecule has 0 aliphatic rings. The van der Waals surface area contributed by atoms with E-state index in [1.807, 2.05) is 7.05 Å². The largest absolute Gasteiger partial charge is 0.304 e. The van der Waals surface area contributed by atoms with E-state index in [9.17, 15) is 0 Å². The van der Waals surface area contributed by atoms with Gasteiger partial charge in [0.2, 0.25) is 0 Å². The van der Waals surface area contributed by atoms with Crippen LogP contribution in [0.3, 0.4) is 0 Å². The van der Waals surface area contributed by atoms with E-state index >= 15 is 0 Å². The Morgan fingerprint density at radius 3 is 2.62 bits per heavy atom. The van der Waals surface area contributed by atoms with Crippen molar-refractivity contribution in [2.24, 2.45) is 0 Å². The lowest BCUT2D eigenvalue weighted by atomic mass is 10.2. The highest BCUT2D eigenvalue weighted by atomic mass is 15.1. The Hall–Kier alpha value is -0.590. The first kappa shape index (κ1) is 12.4. The standard InChI is InChI=1S/C10H21N3/c1-4-5-6-7-13(3)9-10(8-11)12-2/h10,12H,4-7,9H2,1-3H3. The molecule has 0 aromatic heterocycles. The van der Waals surface area contributed by atoms with Crippen LogP contribution in [0.15, 0.2) is 0 Å². The minimum Gasteiger partial charge on any atom is -0.304 e. The Morgan fingerprint density at radius 1 is 1.46 bits per heavy atom. The predicted octanol–water partition coefficient (Wildman–Crippen LogP) is 1.22. The summed E-state index contributed by atoms with van der Waals surface area (Å²) in [4.78, 5) is 2.21. The predicted molar refractivity (Wildman–Crippen MR) is 55.5 cm³/mol. The topological polar surface area (TPSA) is 39.1 Å². The lowest BCUT2D eigenvalue weighted by molar-refractivity contribution is 0.308. The first-order chi connectivity index (χ1) is 6.24. The summed E-state index contributed by atoms with van der Waals surface area (Å²) >= 11 is 0. The van der Waals surface area contributed by atoms with Gasteiger partial charge >= 0.3 is 0 Å². The molecule has 1 unspecified atom stereocenters. The molecule has 0 spiro atoms. The number of likely N-dealkylation sites (N-methyl/N-ethyl adjacent to an activating group) is 2. The van der Waals surface area contributed by atoms with Gasteiger partial charge in [-0.3, -0.25) is 0 Å². The van der Waals surface area contributed by atoms with E-state index in [0.717, 1.165) is 13.1 Å². The molecule has 0 aromatic carbocycles. The van der Waals surface area contributed by atoms with Gasteiger partial charge in [0.25, 0.3) is 0 Å². The van der Waals surface area contributed by atoms with Crippen molar-refractivity contribution in [1.82, 2.24) is 10.2 Å². The summed E-state index contributed by atoms with van der Waals surface area (Å²) in [6.45, 7) is 4.11. The van der Waals surface area contributed by atoms with Crippen molar-refractivity contribution in [3.63, 3.8) is 0 Å². The maximum absolute atomic E-state index is 8.71. The van der Waals surface area contributed by atoms with Gasteiger partial charge in [-0.15, -0.1) is 0 Å². The van der Waals surface area contributed by atoms with Gasteiger partial charge in [-0.25, -0.2) is 0 Å². The number of rotatable bonds is 7. The lowest BCUT2D eigenvalue weighted by Gasteiger charge is -2.18. The Bertz CT molecular complexity index is 151. The van der Waals surface area contributed by atoms with E-state index in [1.54, 1.807) is 0 Å². The van der Waals surface area contributed by atoms with Crippen LogP contribution in [-0.4, -0.2) is 38.1 Å². The summed E-state index contributed by atoms with van der Waals surface area (Å²) in [5.41, 5.74) is 0. The lowest BCUT2D eigenvalue weighted by Crippen LogP contribution is -2.36. The third-order valence-corrected chi connectivity index (χ3v) is 2.14. The van der Waals surface area contributed by atoms with Gasteiger partial charge in [-0.05, 0) is 27.1 Å². The molecule has 0 aromatic rings. The van der Waals surface area contributed by atoms with Crippen LogP contribution < -0.4 is 5.32 Å². The molecule has 0 aliphatic carbocycles. The fourth-order valence-electron chi connectivity index (χ4n) is 1.23. The molecule has 3 nitrogen and oxygen atoms in total. The molecule has 0 bridgehead atoms. The third kappa shape index (κ3) is 6.56. The number of hydrogen-bond donors (Lipinski definition) is 1. The number of nitrogens with one attached hydrogen (secondary N) is 1. The zero-order valence-electron chi connectivity index (χ0n) is 9.01.